The summed E-state index contributed by atoms with van der Waals surface area (Å²) >= 11 is 0. The Morgan fingerprint density at radius 3 is 2.31 bits per heavy atom. The molecule has 88 valence electrons. The van der Waals surface area contributed by atoms with Crippen LogP contribution in [-0.4, -0.2) is 41.2 Å². The van der Waals surface area contributed by atoms with Gasteiger partial charge in [-0.05, 0) is 5.22 Å². The molecule has 11 nitrogen and oxygen atoms in total. The molecule has 6 N–H and O–H groups in total. The fourth-order valence-corrected chi connectivity index (χ4v) is 0.840. The number of nitrogens with two attached hydrogens (primary N) is 2. The van der Waals surface area contributed by atoms with Gasteiger partial charge in [-0.25, -0.2) is 0 Å². The van der Waals surface area contributed by atoms with Gasteiger partial charge in [-0.3, -0.25) is 9.11 Å². The number of fused-ring (bicyclic) bond motifs is 1. The topological polar surface area (TPSA) is 188 Å². The van der Waals surface area contributed by atoms with Crippen molar-refractivity contribution >= 4 is 28.0 Å². The van der Waals surface area contributed by atoms with Crippen molar-refractivity contribution in [3.8, 4) is 0 Å². The first-order valence-corrected chi connectivity index (χ1v) is 5.03. The summed E-state index contributed by atoms with van der Waals surface area (Å²) in [4.78, 5) is 7.50. The Morgan fingerprint density at radius 1 is 1.19 bits per heavy atom. The summed E-state index contributed by atoms with van der Waals surface area (Å²) in [6.07, 6.45) is 0. The van der Waals surface area contributed by atoms with E-state index in [1.807, 2.05) is 0 Å². The Bertz CT molecular complexity index is 494. The average Bonchev–Trinajstić information content (AvgIpc) is 2.47. The van der Waals surface area contributed by atoms with Crippen molar-refractivity contribution in [3.05, 3.63) is 0 Å². The molecule has 0 saturated carbocycles. The van der Waals surface area contributed by atoms with Gasteiger partial charge < -0.3 is 11.5 Å². The quantitative estimate of drug-likeness (QED) is 0.365. The first-order chi connectivity index (χ1) is 7.27. The van der Waals surface area contributed by atoms with Crippen LogP contribution in [-0.2, 0) is 10.4 Å². The maximum Gasteiger partial charge on any atom is 0.394 e. The van der Waals surface area contributed by atoms with Gasteiger partial charge in [0.25, 0.3) is 0 Å². The van der Waals surface area contributed by atoms with E-state index in [9.17, 15) is 0 Å². The minimum absolute atomic E-state index is 0.102. The molecule has 2 aliphatic heterocycles. The molecule has 2 aliphatic rings. The molecule has 0 amide bonds. The molecule has 0 aliphatic carbocycles. The third-order valence-corrected chi connectivity index (χ3v) is 1.31. The predicted molar refractivity (Wildman–Crippen MR) is 53.5 cm³/mol. The number of hydrogen-bond donors (Lipinski definition) is 4. The SMILES string of the molecule is NC1=NC2=NN=NC2C(N)=N1.O=S(=O)(O)O. The average molecular weight is 249 g/mol. The monoisotopic (exact) mass is 249 g/mol. The van der Waals surface area contributed by atoms with Gasteiger partial charge in [0.15, 0.2) is 11.9 Å². The van der Waals surface area contributed by atoms with Crippen LogP contribution < -0.4 is 11.5 Å². The highest BCUT2D eigenvalue weighted by Gasteiger charge is 2.27. The number of guanidine groups is 1. The van der Waals surface area contributed by atoms with Crippen LogP contribution in [0, 0.1) is 0 Å². The molecule has 2 heterocycles. The molecular formula is C4H7N7O4S. The lowest BCUT2D eigenvalue weighted by Gasteiger charge is -2.09. The van der Waals surface area contributed by atoms with Gasteiger partial charge in [0.1, 0.15) is 5.84 Å². The minimum atomic E-state index is -4.67. The second kappa shape index (κ2) is 4.30. The molecule has 0 aromatic carbocycles. The summed E-state index contributed by atoms with van der Waals surface area (Å²) < 4.78 is 31.6. The number of amidine groups is 2. The standard InChI is InChI=1S/C4H5N7.H2O4S/c5-2-1-3(10-11-9-1)8-4(6)7-2;1-5(2,3)4/h1H,(H4,5,6,7,8,9,10);(H2,1,2,3,4). The normalized spacial score (nSPS) is 22.4. The van der Waals surface area contributed by atoms with Crippen LogP contribution >= 0.6 is 0 Å². The van der Waals surface area contributed by atoms with E-state index >= 15 is 0 Å². The molecule has 0 radical (unpaired) electrons. The molecule has 1 atom stereocenters. The highest BCUT2D eigenvalue weighted by Crippen LogP contribution is 2.10. The second-order valence-electron chi connectivity index (χ2n) is 2.52. The van der Waals surface area contributed by atoms with E-state index in [-0.39, 0.29) is 11.8 Å². The van der Waals surface area contributed by atoms with Crippen molar-refractivity contribution < 1.29 is 17.5 Å². The predicted octanol–water partition coefficient (Wildman–Crippen LogP) is -1.83. The number of aliphatic imine (C=N–C) groups is 2. The summed E-state index contributed by atoms with van der Waals surface area (Å²) in [5, 5.41) is 10.7. The lowest BCUT2D eigenvalue weighted by Crippen LogP contribution is -2.38. The van der Waals surface area contributed by atoms with Crippen molar-refractivity contribution in [3.63, 3.8) is 0 Å². The lowest BCUT2D eigenvalue weighted by atomic mass is 10.2. The molecule has 1 unspecified atom stereocenters. The summed E-state index contributed by atoms with van der Waals surface area (Å²) in [7, 11) is -4.67. The van der Waals surface area contributed by atoms with E-state index < -0.39 is 16.4 Å². The smallest absolute Gasteiger partial charge is 0.385 e. The van der Waals surface area contributed by atoms with Crippen LogP contribution in [0.25, 0.3) is 0 Å². The molecule has 0 bridgehead atoms. The van der Waals surface area contributed by atoms with Crippen LogP contribution in [0.4, 0.5) is 0 Å². The van der Waals surface area contributed by atoms with Gasteiger partial charge >= 0.3 is 10.4 Å². The molecule has 0 saturated heterocycles. The van der Waals surface area contributed by atoms with Gasteiger partial charge in [0, 0.05) is 0 Å². The summed E-state index contributed by atoms with van der Waals surface area (Å²) in [5.74, 6) is 0.803. The van der Waals surface area contributed by atoms with Crippen molar-refractivity contribution in [1.82, 2.24) is 0 Å². The summed E-state index contributed by atoms with van der Waals surface area (Å²) in [5.41, 5.74) is 10.8. The van der Waals surface area contributed by atoms with Crippen LogP contribution in [0.15, 0.2) is 25.4 Å². The van der Waals surface area contributed by atoms with Crippen molar-refractivity contribution in [2.45, 2.75) is 6.04 Å². The van der Waals surface area contributed by atoms with Gasteiger partial charge in [-0.1, -0.05) is 0 Å². The Hall–Kier alpha value is -1.92. The lowest BCUT2D eigenvalue weighted by molar-refractivity contribution is 0.381. The Kier molecular flexibility index (Phi) is 3.26. The van der Waals surface area contributed by atoms with Crippen molar-refractivity contribution in [2.75, 3.05) is 0 Å². The molecule has 0 spiro atoms. The van der Waals surface area contributed by atoms with Gasteiger partial charge in [0.2, 0.25) is 5.96 Å². The molecule has 2 rings (SSSR count). The van der Waals surface area contributed by atoms with Gasteiger partial charge in [0.05, 0.1) is 0 Å². The summed E-state index contributed by atoms with van der Waals surface area (Å²) in [6.45, 7) is 0. The molecule has 0 fully saturated rings. The van der Waals surface area contributed by atoms with E-state index in [1.54, 1.807) is 0 Å². The number of hydrogen-bond acceptors (Lipinski definition) is 9. The van der Waals surface area contributed by atoms with E-state index in [2.05, 4.69) is 25.4 Å². The zero-order valence-corrected chi connectivity index (χ0v) is 8.40. The highest BCUT2D eigenvalue weighted by molar-refractivity contribution is 7.79. The maximum atomic E-state index is 8.74. The first kappa shape index (κ1) is 12.2. The number of rotatable bonds is 0. The van der Waals surface area contributed by atoms with Crippen LogP contribution in [0.2, 0.25) is 0 Å². The van der Waals surface area contributed by atoms with Gasteiger partial charge in [-0.15, -0.1) is 10.2 Å². The molecule has 12 heteroatoms. The molecule has 0 aromatic rings. The van der Waals surface area contributed by atoms with Crippen molar-refractivity contribution in [1.29, 1.82) is 0 Å². The maximum absolute atomic E-state index is 8.74. The minimum Gasteiger partial charge on any atom is -0.385 e. The van der Waals surface area contributed by atoms with E-state index in [4.69, 9.17) is 29.0 Å². The van der Waals surface area contributed by atoms with E-state index in [0.29, 0.717) is 5.84 Å². The zero-order chi connectivity index (χ0) is 12.3. The van der Waals surface area contributed by atoms with Gasteiger partial charge in [-0.2, -0.15) is 18.4 Å². The largest absolute Gasteiger partial charge is 0.394 e. The Balaban J connectivity index is 0.000000221. The molecular weight excluding hydrogens is 242 g/mol. The van der Waals surface area contributed by atoms with E-state index in [0.717, 1.165) is 0 Å². The highest BCUT2D eigenvalue weighted by atomic mass is 32.3. The van der Waals surface area contributed by atoms with Crippen LogP contribution in [0.1, 0.15) is 0 Å². The summed E-state index contributed by atoms with van der Waals surface area (Å²) in [6, 6.07) is -0.415. The fourth-order valence-electron chi connectivity index (χ4n) is 0.840. The fraction of sp³-hybridized carbons (Fsp3) is 0.250. The van der Waals surface area contributed by atoms with Crippen LogP contribution in [0.5, 0.6) is 0 Å². The Morgan fingerprint density at radius 2 is 1.75 bits per heavy atom. The second-order valence-corrected chi connectivity index (χ2v) is 3.42. The number of nitrogens with zero attached hydrogens (tertiary/aromatic N) is 5. The zero-order valence-electron chi connectivity index (χ0n) is 7.59. The van der Waals surface area contributed by atoms with Crippen molar-refractivity contribution in [2.24, 2.45) is 36.9 Å². The first-order valence-electron chi connectivity index (χ1n) is 3.63. The third-order valence-electron chi connectivity index (χ3n) is 1.31. The molecule has 16 heavy (non-hydrogen) atoms. The van der Waals surface area contributed by atoms with E-state index in [1.165, 1.54) is 0 Å². The van der Waals surface area contributed by atoms with Crippen LogP contribution in [0.3, 0.4) is 0 Å². The third kappa shape index (κ3) is 3.68. The molecule has 0 aromatic heterocycles. The Labute approximate surface area is 89.2 Å².